The first-order valence-corrected chi connectivity index (χ1v) is 9.02. The molecular weight excluding hydrogens is 306 g/mol. The third-order valence-electron chi connectivity index (χ3n) is 5.00. The molecule has 3 aliphatic rings. The molecule has 2 saturated carbocycles. The van der Waals surface area contributed by atoms with Crippen LogP contribution in [0.25, 0.3) is 0 Å². The second-order valence-corrected chi connectivity index (χ2v) is 7.42. The van der Waals surface area contributed by atoms with Crippen molar-refractivity contribution in [3.05, 3.63) is 35.9 Å². The van der Waals surface area contributed by atoms with Crippen LogP contribution in [0.5, 0.6) is 0 Å². The molecule has 2 atom stereocenters. The minimum absolute atomic E-state index is 0.0167. The lowest BCUT2D eigenvalue weighted by Gasteiger charge is -2.20. The summed E-state index contributed by atoms with van der Waals surface area (Å²) in [5.74, 6) is 0.393. The van der Waals surface area contributed by atoms with Crippen molar-refractivity contribution in [2.45, 2.75) is 43.7 Å². The highest BCUT2D eigenvalue weighted by Crippen LogP contribution is 2.34. The Morgan fingerprint density at radius 2 is 1.65 bits per heavy atom. The monoisotopic (exact) mass is 329 g/mol. The maximum absolute atomic E-state index is 12.7. The van der Waals surface area contributed by atoms with E-state index in [0.29, 0.717) is 12.1 Å². The molecule has 2 N–H and O–H groups in total. The molecule has 5 heteroatoms. The highest BCUT2D eigenvalue weighted by molar-refractivity contribution is 7.80. The molecule has 0 bridgehead atoms. The van der Waals surface area contributed by atoms with Crippen molar-refractivity contribution in [3.63, 3.8) is 0 Å². The Morgan fingerprint density at radius 1 is 1.00 bits per heavy atom. The van der Waals surface area contributed by atoms with Gasteiger partial charge in [0.05, 0.1) is 5.92 Å². The highest BCUT2D eigenvalue weighted by Gasteiger charge is 2.41. The largest absolute Gasteiger partial charge is 0.360 e. The number of hydrogen-bond acceptors (Lipinski definition) is 2. The van der Waals surface area contributed by atoms with Gasteiger partial charge in [0.2, 0.25) is 5.91 Å². The first-order chi connectivity index (χ1) is 11.2. The normalized spacial score (nSPS) is 26.9. The zero-order valence-electron chi connectivity index (χ0n) is 13.2. The summed E-state index contributed by atoms with van der Waals surface area (Å²) in [5, 5.41) is 7.40. The van der Waals surface area contributed by atoms with E-state index in [-0.39, 0.29) is 17.7 Å². The van der Waals surface area contributed by atoms with Gasteiger partial charge >= 0.3 is 0 Å². The minimum atomic E-state index is -0.0167. The quantitative estimate of drug-likeness (QED) is 0.830. The number of nitrogens with one attached hydrogen (secondary N) is 2. The van der Waals surface area contributed by atoms with Crippen LogP contribution in [0.15, 0.2) is 30.3 Å². The Kier molecular flexibility index (Phi) is 3.97. The van der Waals surface area contributed by atoms with E-state index >= 15 is 0 Å². The van der Waals surface area contributed by atoms with Crippen molar-refractivity contribution in [2.24, 2.45) is 5.92 Å². The number of amides is 1. The number of hydrogen-bond donors (Lipinski definition) is 2. The topological polar surface area (TPSA) is 44.4 Å². The van der Waals surface area contributed by atoms with Gasteiger partial charge in [-0.2, -0.15) is 0 Å². The van der Waals surface area contributed by atoms with Crippen molar-refractivity contribution in [1.82, 2.24) is 15.5 Å². The van der Waals surface area contributed by atoms with Gasteiger partial charge in [-0.3, -0.25) is 4.79 Å². The van der Waals surface area contributed by atoms with Crippen LogP contribution in [0.4, 0.5) is 0 Å². The van der Waals surface area contributed by atoms with Crippen LogP contribution in [-0.2, 0) is 4.79 Å². The molecule has 4 rings (SSSR count). The van der Waals surface area contributed by atoms with Crippen LogP contribution in [0.3, 0.4) is 0 Å². The smallest absolute Gasteiger partial charge is 0.225 e. The van der Waals surface area contributed by atoms with Crippen LogP contribution in [0.2, 0.25) is 0 Å². The lowest BCUT2D eigenvalue weighted by atomic mass is 9.88. The van der Waals surface area contributed by atoms with Gasteiger partial charge in [-0.1, -0.05) is 30.3 Å². The second kappa shape index (κ2) is 6.11. The van der Waals surface area contributed by atoms with Crippen molar-refractivity contribution in [2.75, 3.05) is 13.1 Å². The number of carbonyl (C=O) groups excluding carboxylic acids is 1. The first kappa shape index (κ1) is 14.9. The molecule has 1 aromatic carbocycles. The zero-order valence-corrected chi connectivity index (χ0v) is 14.0. The maximum atomic E-state index is 12.7. The lowest BCUT2D eigenvalue weighted by Crippen LogP contribution is -2.41. The molecule has 1 aliphatic heterocycles. The molecule has 0 aromatic heterocycles. The Bertz CT molecular complexity index is 598. The van der Waals surface area contributed by atoms with E-state index < -0.39 is 0 Å². The van der Waals surface area contributed by atoms with Crippen molar-refractivity contribution < 1.29 is 4.79 Å². The Hall–Kier alpha value is -1.62. The molecular formula is C18H23N3OS. The second-order valence-electron chi connectivity index (χ2n) is 7.04. The number of nitrogens with zero attached hydrogens (tertiary/aromatic N) is 1. The lowest BCUT2D eigenvalue weighted by molar-refractivity contribution is -0.125. The molecule has 3 fully saturated rings. The molecule has 0 spiro atoms. The zero-order chi connectivity index (χ0) is 15.8. The van der Waals surface area contributed by atoms with E-state index in [2.05, 4.69) is 39.8 Å². The van der Waals surface area contributed by atoms with Gasteiger partial charge in [0.1, 0.15) is 0 Å². The van der Waals surface area contributed by atoms with Crippen molar-refractivity contribution >= 4 is 23.2 Å². The summed E-state index contributed by atoms with van der Waals surface area (Å²) < 4.78 is 0. The summed E-state index contributed by atoms with van der Waals surface area (Å²) in [6.45, 7) is 1.54. The Labute approximate surface area is 142 Å². The molecule has 1 saturated heterocycles. The average molecular weight is 329 g/mol. The maximum Gasteiger partial charge on any atom is 0.225 e. The molecule has 4 nitrogen and oxygen atoms in total. The van der Waals surface area contributed by atoms with Gasteiger partial charge in [-0.05, 0) is 43.5 Å². The SMILES string of the molecule is O=C(NC1CC1)[C@@H]1CN(C(=S)NC2CC2)C[C@H]1c1ccccc1. The van der Waals surface area contributed by atoms with Gasteiger partial charge in [0.15, 0.2) is 5.11 Å². The summed E-state index contributed by atoms with van der Waals surface area (Å²) in [7, 11) is 0. The highest BCUT2D eigenvalue weighted by atomic mass is 32.1. The molecule has 1 amide bonds. The molecule has 0 radical (unpaired) electrons. The van der Waals surface area contributed by atoms with Gasteiger partial charge in [0, 0.05) is 31.1 Å². The predicted octanol–water partition coefficient (Wildman–Crippen LogP) is 2.02. The fourth-order valence-corrected chi connectivity index (χ4v) is 3.62. The van der Waals surface area contributed by atoms with Crippen LogP contribution in [-0.4, -0.2) is 41.1 Å². The number of benzene rings is 1. The number of carbonyl (C=O) groups is 1. The molecule has 0 unspecified atom stereocenters. The first-order valence-electron chi connectivity index (χ1n) is 8.61. The number of thiocarbonyl (C=S) groups is 1. The summed E-state index contributed by atoms with van der Waals surface area (Å²) in [4.78, 5) is 14.9. The summed E-state index contributed by atoms with van der Waals surface area (Å²) in [5.41, 5.74) is 1.24. The van der Waals surface area contributed by atoms with Crippen LogP contribution in [0, 0.1) is 5.92 Å². The summed E-state index contributed by atoms with van der Waals surface area (Å²) >= 11 is 5.56. The van der Waals surface area contributed by atoms with E-state index in [4.69, 9.17) is 12.2 Å². The van der Waals surface area contributed by atoms with E-state index in [1.807, 2.05) is 6.07 Å². The van der Waals surface area contributed by atoms with E-state index in [0.717, 1.165) is 31.0 Å². The third kappa shape index (κ3) is 3.50. The van der Waals surface area contributed by atoms with Crippen LogP contribution in [0.1, 0.15) is 37.2 Å². The van der Waals surface area contributed by atoms with Gasteiger partial charge in [-0.15, -0.1) is 0 Å². The molecule has 122 valence electrons. The third-order valence-corrected chi connectivity index (χ3v) is 5.38. The van der Waals surface area contributed by atoms with Crippen LogP contribution < -0.4 is 10.6 Å². The standard InChI is InChI=1S/C18H23N3OS/c22-17(19-13-6-7-13)16-11-21(18(23)20-14-8-9-14)10-15(16)12-4-2-1-3-5-12/h1-5,13-16H,6-11H2,(H,19,22)(H,20,23)/t15-,16+/m0/s1. The van der Waals surface area contributed by atoms with Gasteiger partial charge in [-0.25, -0.2) is 0 Å². The molecule has 1 heterocycles. The predicted molar refractivity (Wildman–Crippen MR) is 94.2 cm³/mol. The Morgan fingerprint density at radius 3 is 2.30 bits per heavy atom. The summed E-state index contributed by atoms with van der Waals surface area (Å²) in [6, 6.07) is 11.3. The van der Waals surface area contributed by atoms with Gasteiger partial charge < -0.3 is 15.5 Å². The molecule has 23 heavy (non-hydrogen) atoms. The molecule has 2 aliphatic carbocycles. The number of likely N-dealkylation sites (tertiary alicyclic amines) is 1. The van der Waals surface area contributed by atoms with E-state index in [1.165, 1.54) is 18.4 Å². The fourth-order valence-electron chi connectivity index (χ4n) is 3.30. The Balaban J connectivity index is 1.50. The van der Waals surface area contributed by atoms with Crippen molar-refractivity contribution in [1.29, 1.82) is 0 Å². The van der Waals surface area contributed by atoms with Gasteiger partial charge in [0.25, 0.3) is 0 Å². The molecule has 1 aromatic rings. The van der Waals surface area contributed by atoms with Crippen LogP contribution >= 0.6 is 12.2 Å². The summed E-state index contributed by atoms with van der Waals surface area (Å²) in [6.07, 6.45) is 4.67. The average Bonchev–Trinajstić information content (AvgIpc) is 3.49. The number of rotatable bonds is 4. The van der Waals surface area contributed by atoms with E-state index in [9.17, 15) is 4.79 Å². The van der Waals surface area contributed by atoms with Crippen molar-refractivity contribution in [3.8, 4) is 0 Å². The minimum Gasteiger partial charge on any atom is -0.360 e. The fraction of sp³-hybridized carbons (Fsp3) is 0.556. The van der Waals surface area contributed by atoms with E-state index in [1.54, 1.807) is 0 Å².